The molecule has 0 spiro atoms. The van der Waals surface area contributed by atoms with Crippen molar-refractivity contribution < 1.29 is 9.18 Å². The highest BCUT2D eigenvalue weighted by Gasteiger charge is 2.18. The fraction of sp³-hybridized carbons (Fsp3) is 0.143. The van der Waals surface area contributed by atoms with Crippen LogP contribution < -0.4 is 5.32 Å². The van der Waals surface area contributed by atoms with Gasteiger partial charge in [0.1, 0.15) is 16.7 Å². The molecule has 0 fully saturated rings. The van der Waals surface area contributed by atoms with Crippen molar-refractivity contribution in [2.24, 2.45) is 0 Å². The number of nitrogens with one attached hydrogen (secondary N) is 3. The smallest absolute Gasteiger partial charge is 0.224 e. The maximum atomic E-state index is 15.2. The van der Waals surface area contributed by atoms with Gasteiger partial charge in [-0.05, 0) is 48.4 Å². The molecule has 0 aliphatic rings. The summed E-state index contributed by atoms with van der Waals surface area (Å²) in [5.74, 6) is -0.0481. The predicted octanol–water partition coefficient (Wildman–Crippen LogP) is 5.89. The molecule has 3 N–H and O–H groups in total. The Morgan fingerprint density at radius 1 is 1.00 bits per heavy atom. The number of halogens is 1. The molecule has 5 heterocycles. The fourth-order valence-electron chi connectivity index (χ4n) is 4.42. The normalized spacial score (nSPS) is 11.3. The first-order valence-electron chi connectivity index (χ1n) is 12.3. The van der Waals surface area contributed by atoms with Gasteiger partial charge < -0.3 is 10.3 Å². The lowest BCUT2D eigenvalue weighted by Gasteiger charge is -2.08. The van der Waals surface area contributed by atoms with Gasteiger partial charge in [0.05, 0.1) is 23.1 Å². The Hall–Kier alpha value is -4.99. The average molecular weight is 507 g/mol. The van der Waals surface area contributed by atoms with Gasteiger partial charge >= 0.3 is 0 Å². The van der Waals surface area contributed by atoms with E-state index in [1.54, 1.807) is 37.1 Å². The molecule has 0 saturated heterocycles. The summed E-state index contributed by atoms with van der Waals surface area (Å²) >= 11 is 0. The number of aromatic nitrogens is 7. The van der Waals surface area contributed by atoms with Gasteiger partial charge in [-0.25, -0.2) is 9.37 Å². The molecular formula is C28H23FN8O. The molecule has 188 valence electrons. The number of carbonyl (C=O) groups is 1. The number of anilines is 1. The molecule has 0 atom stereocenters. The number of unbranched alkanes of at least 4 members (excludes halogenated alkanes) is 1. The van der Waals surface area contributed by atoms with Crippen molar-refractivity contribution in [2.45, 2.75) is 26.2 Å². The number of imidazole rings is 1. The van der Waals surface area contributed by atoms with E-state index >= 15 is 4.39 Å². The highest BCUT2D eigenvalue weighted by molar-refractivity contribution is 5.98. The highest BCUT2D eigenvalue weighted by atomic mass is 19.1. The monoisotopic (exact) mass is 506 g/mol. The van der Waals surface area contributed by atoms with Crippen LogP contribution in [0.5, 0.6) is 0 Å². The Balaban J connectivity index is 1.40. The molecule has 0 aliphatic heterocycles. The van der Waals surface area contributed by atoms with Gasteiger partial charge in [0.2, 0.25) is 5.91 Å². The summed E-state index contributed by atoms with van der Waals surface area (Å²) in [5, 5.41) is 10.6. The van der Waals surface area contributed by atoms with Crippen molar-refractivity contribution in [2.75, 3.05) is 5.32 Å². The van der Waals surface area contributed by atoms with Gasteiger partial charge in [0.15, 0.2) is 11.6 Å². The molecule has 5 aromatic heterocycles. The van der Waals surface area contributed by atoms with Crippen molar-refractivity contribution in [1.82, 2.24) is 35.1 Å². The molecule has 38 heavy (non-hydrogen) atoms. The molecule has 1 aromatic carbocycles. The third-order valence-electron chi connectivity index (χ3n) is 6.30. The summed E-state index contributed by atoms with van der Waals surface area (Å²) in [6.45, 7) is 2.03. The highest BCUT2D eigenvalue weighted by Crippen LogP contribution is 2.34. The second-order valence-electron chi connectivity index (χ2n) is 8.95. The van der Waals surface area contributed by atoms with Gasteiger partial charge in [-0.2, -0.15) is 5.10 Å². The molecule has 9 nitrogen and oxygen atoms in total. The summed E-state index contributed by atoms with van der Waals surface area (Å²) < 4.78 is 15.2. The van der Waals surface area contributed by atoms with Crippen LogP contribution in [0.2, 0.25) is 0 Å². The topological polar surface area (TPSA) is 125 Å². The van der Waals surface area contributed by atoms with Crippen LogP contribution in [0.1, 0.15) is 26.2 Å². The molecule has 0 aliphatic carbocycles. The Morgan fingerprint density at radius 3 is 2.74 bits per heavy atom. The number of carbonyl (C=O) groups excluding carboxylic acids is 1. The molecule has 6 aromatic rings. The molecule has 1 amide bonds. The number of hydrogen-bond acceptors (Lipinski definition) is 6. The van der Waals surface area contributed by atoms with Crippen LogP contribution in [0.3, 0.4) is 0 Å². The first kappa shape index (κ1) is 23.4. The Bertz CT molecular complexity index is 1780. The van der Waals surface area contributed by atoms with E-state index in [-0.39, 0.29) is 11.4 Å². The van der Waals surface area contributed by atoms with E-state index in [2.05, 4.69) is 35.5 Å². The summed E-state index contributed by atoms with van der Waals surface area (Å²) in [6, 6.07) is 10.6. The molecule has 0 saturated carbocycles. The zero-order valence-electron chi connectivity index (χ0n) is 20.5. The van der Waals surface area contributed by atoms with Crippen LogP contribution in [0, 0.1) is 5.82 Å². The van der Waals surface area contributed by atoms with Crippen molar-refractivity contribution >= 4 is 33.5 Å². The molecule has 0 unspecified atom stereocenters. The maximum absolute atomic E-state index is 15.2. The van der Waals surface area contributed by atoms with Crippen LogP contribution in [-0.4, -0.2) is 41.0 Å². The fourth-order valence-corrected chi connectivity index (χ4v) is 4.42. The van der Waals surface area contributed by atoms with Crippen LogP contribution in [0.4, 0.5) is 10.1 Å². The van der Waals surface area contributed by atoms with Crippen molar-refractivity contribution in [3.8, 4) is 33.9 Å². The third kappa shape index (κ3) is 4.36. The van der Waals surface area contributed by atoms with E-state index in [9.17, 15) is 4.79 Å². The van der Waals surface area contributed by atoms with Crippen molar-refractivity contribution in [3.05, 3.63) is 73.2 Å². The van der Waals surface area contributed by atoms with E-state index in [4.69, 9.17) is 4.98 Å². The van der Waals surface area contributed by atoms with E-state index in [1.165, 1.54) is 6.07 Å². The van der Waals surface area contributed by atoms with E-state index < -0.39 is 5.82 Å². The molecule has 0 radical (unpaired) electrons. The van der Waals surface area contributed by atoms with Crippen LogP contribution in [0.15, 0.2) is 67.4 Å². The number of nitrogens with zero attached hydrogens (tertiary/aromatic N) is 5. The first-order chi connectivity index (χ1) is 18.6. The Labute approximate surface area is 216 Å². The Morgan fingerprint density at radius 2 is 1.89 bits per heavy atom. The largest absolute Gasteiger partial charge is 0.337 e. The second-order valence-corrected chi connectivity index (χ2v) is 8.95. The zero-order chi connectivity index (χ0) is 26.1. The van der Waals surface area contributed by atoms with Gasteiger partial charge in [-0.15, -0.1) is 0 Å². The predicted molar refractivity (Wildman–Crippen MR) is 144 cm³/mol. The number of hydrogen-bond donors (Lipinski definition) is 3. The minimum Gasteiger partial charge on any atom is -0.337 e. The van der Waals surface area contributed by atoms with Gasteiger partial charge in [0, 0.05) is 47.7 Å². The number of benzene rings is 1. The van der Waals surface area contributed by atoms with E-state index in [0.29, 0.717) is 51.4 Å². The number of H-pyrrole nitrogens is 2. The number of aromatic amines is 2. The molecule has 10 heteroatoms. The lowest BCUT2D eigenvalue weighted by atomic mass is 10.0. The van der Waals surface area contributed by atoms with Gasteiger partial charge in [-0.3, -0.25) is 24.8 Å². The maximum Gasteiger partial charge on any atom is 0.224 e. The second kappa shape index (κ2) is 9.81. The number of amides is 1. The van der Waals surface area contributed by atoms with Crippen LogP contribution >= 0.6 is 0 Å². The van der Waals surface area contributed by atoms with Crippen LogP contribution in [-0.2, 0) is 4.79 Å². The number of rotatable bonds is 7. The third-order valence-corrected chi connectivity index (χ3v) is 6.30. The quantitative estimate of drug-likeness (QED) is 0.248. The average Bonchev–Trinajstić information content (AvgIpc) is 3.57. The first-order valence-corrected chi connectivity index (χ1v) is 12.3. The zero-order valence-corrected chi connectivity index (χ0v) is 20.5. The minimum atomic E-state index is -0.480. The summed E-state index contributed by atoms with van der Waals surface area (Å²) in [7, 11) is 0. The molecule has 6 rings (SSSR count). The molecular weight excluding hydrogens is 483 g/mol. The van der Waals surface area contributed by atoms with Gasteiger partial charge in [0.25, 0.3) is 0 Å². The summed E-state index contributed by atoms with van der Waals surface area (Å²) in [6.07, 6.45) is 10.5. The minimum absolute atomic E-state index is 0.0745. The van der Waals surface area contributed by atoms with E-state index in [0.717, 1.165) is 23.9 Å². The summed E-state index contributed by atoms with van der Waals surface area (Å²) in [5.41, 5.74) is 5.56. The van der Waals surface area contributed by atoms with E-state index in [1.807, 2.05) is 31.2 Å². The van der Waals surface area contributed by atoms with Crippen LogP contribution in [0.25, 0.3) is 55.8 Å². The number of pyridine rings is 3. The lowest BCUT2D eigenvalue weighted by Crippen LogP contribution is -2.11. The Kier molecular flexibility index (Phi) is 6.04. The standard InChI is InChI=1S/C28H23FN8O/c1-2-3-6-23(38)33-19-10-18(14-31-15-19)17-11-20-25(21(29)12-17)36-37-26(20)28-34-22-7-9-32-24(27(22)35-28)16-5-4-8-30-13-16/h4-5,7-15H,2-3,6H2,1H3,(H,33,38)(H,34,35)(H,36,37). The molecule has 0 bridgehead atoms. The lowest BCUT2D eigenvalue weighted by molar-refractivity contribution is -0.116. The SMILES string of the molecule is CCCCC(=O)Nc1cncc(-c2cc(F)c3n[nH]c(-c4nc5c(-c6cccnc6)nccc5[nH]4)c3c2)c1. The number of fused-ring (bicyclic) bond motifs is 2. The summed E-state index contributed by atoms with van der Waals surface area (Å²) in [4.78, 5) is 33.2. The van der Waals surface area contributed by atoms with Crippen molar-refractivity contribution in [1.29, 1.82) is 0 Å². The van der Waals surface area contributed by atoms with Gasteiger partial charge in [-0.1, -0.05) is 13.3 Å². The van der Waals surface area contributed by atoms with Crippen molar-refractivity contribution in [3.63, 3.8) is 0 Å².